The van der Waals surface area contributed by atoms with Crippen molar-refractivity contribution in [2.75, 3.05) is 24.1 Å². The van der Waals surface area contributed by atoms with Crippen LogP contribution in [0.3, 0.4) is 0 Å². The summed E-state index contributed by atoms with van der Waals surface area (Å²) >= 11 is 5.09. The summed E-state index contributed by atoms with van der Waals surface area (Å²) in [6.45, 7) is 0. The molecule has 144 valence electrons. The van der Waals surface area contributed by atoms with Crippen LogP contribution in [0, 0.1) is 0 Å². The molecule has 1 aliphatic rings. The van der Waals surface area contributed by atoms with Crippen molar-refractivity contribution in [1.29, 1.82) is 0 Å². The Kier molecular flexibility index (Phi) is 5.32. The zero-order chi connectivity index (χ0) is 19.7. The van der Waals surface area contributed by atoms with Crippen molar-refractivity contribution >= 4 is 56.1 Å². The standard InChI is InChI=1S/C20H18BrN3O3S/c1-27-13-8-6-12(7-9-13)22-19(25)16-10-28-11-24(16)20(26)18-17(21)14-4-2-3-5-15(14)23-18/h2-9,16,23H,10-11H2,1H3,(H,22,25). The summed E-state index contributed by atoms with van der Waals surface area (Å²) in [6, 6.07) is 14.3. The predicted octanol–water partition coefficient (Wildman–Crippen LogP) is 4.09. The number of hydrogen-bond donors (Lipinski definition) is 2. The summed E-state index contributed by atoms with van der Waals surface area (Å²) in [5.41, 5.74) is 2.01. The van der Waals surface area contributed by atoms with E-state index >= 15 is 0 Å². The molecule has 1 atom stereocenters. The lowest BCUT2D eigenvalue weighted by Crippen LogP contribution is -2.44. The number of rotatable bonds is 4. The van der Waals surface area contributed by atoms with Crippen LogP contribution in [0.25, 0.3) is 10.9 Å². The van der Waals surface area contributed by atoms with Crippen molar-refractivity contribution in [3.63, 3.8) is 0 Å². The molecule has 2 N–H and O–H groups in total. The van der Waals surface area contributed by atoms with E-state index in [1.54, 1.807) is 48.0 Å². The second-order valence-corrected chi connectivity index (χ2v) is 8.16. The van der Waals surface area contributed by atoms with Gasteiger partial charge in [0.25, 0.3) is 5.91 Å². The zero-order valence-corrected chi connectivity index (χ0v) is 17.5. The number of benzene rings is 2. The maximum Gasteiger partial charge on any atom is 0.272 e. The van der Waals surface area contributed by atoms with Crippen LogP contribution in [0.5, 0.6) is 5.75 Å². The first-order valence-corrected chi connectivity index (χ1v) is 10.6. The van der Waals surface area contributed by atoms with Gasteiger partial charge in [-0.2, -0.15) is 0 Å². The van der Waals surface area contributed by atoms with Crippen molar-refractivity contribution in [3.05, 3.63) is 58.7 Å². The van der Waals surface area contributed by atoms with E-state index in [1.807, 2.05) is 24.3 Å². The fourth-order valence-corrected chi connectivity index (χ4v) is 4.93. The van der Waals surface area contributed by atoms with Gasteiger partial charge in [-0.25, -0.2) is 0 Å². The van der Waals surface area contributed by atoms with E-state index in [1.165, 1.54) is 0 Å². The van der Waals surface area contributed by atoms with E-state index in [0.717, 1.165) is 21.1 Å². The molecule has 6 nitrogen and oxygen atoms in total. The average molecular weight is 460 g/mol. The first kappa shape index (κ1) is 18.9. The first-order chi connectivity index (χ1) is 13.6. The molecular formula is C20H18BrN3O3S. The van der Waals surface area contributed by atoms with Gasteiger partial charge in [-0.1, -0.05) is 18.2 Å². The molecule has 2 aromatic carbocycles. The molecule has 28 heavy (non-hydrogen) atoms. The van der Waals surface area contributed by atoms with Crippen LogP contribution in [-0.4, -0.2) is 46.5 Å². The monoisotopic (exact) mass is 459 g/mol. The van der Waals surface area contributed by atoms with Gasteiger partial charge in [0, 0.05) is 22.3 Å². The van der Waals surface area contributed by atoms with Gasteiger partial charge in [-0.05, 0) is 46.3 Å². The first-order valence-electron chi connectivity index (χ1n) is 8.68. The van der Waals surface area contributed by atoms with Gasteiger partial charge < -0.3 is 19.9 Å². The fourth-order valence-electron chi connectivity index (χ4n) is 3.16. The average Bonchev–Trinajstić information content (AvgIpc) is 3.34. The quantitative estimate of drug-likeness (QED) is 0.615. The second-order valence-electron chi connectivity index (χ2n) is 6.37. The number of methoxy groups -OCH3 is 1. The summed E-state index contributed by atoms with van der Waals surface area (Å²) < 4.78 is 5.85. The summed E-state index contributed by atoms with van der Waals surface area (Å²) in [5.74, 6) is 1.36. The minimum atomic E-state index is -0.530. The van der Waals surface area contributed by atoms with Gasteiger partial charge in [-0.3, -0.25) is 9.59 Å². The number of fused-ring (bicyclic) bond motifs is 1. The van der Waals surface area contributed by atoms with Gasteiger partial charge >= 0.3 is 0 Å². The van der Waals surface area contributed by atoms with Gasteiger partial charge in [0.2, 0.25) is 5.91 Å². The number of H-pyrrole nitrogens is 1. The molecule has 0 saturated carbocycles. The molecule has 2 amide bonds. The minimum Gasteiger partial charge on any atom is -0.497 e. The highest BCUT2D eigenvalue weighted by molar-refractivity contribution is 9.10. The molecule has 2 heterocycles. The topological polar surface area (TPSA) is 74.4 Å². The molecule has 0 aliphatic carbocycles. The Hall–Kier alpha value is -2.45. The fraction of sp³-hybridized carbons (Fsp3) is 0.200. The van der Waals surface area contributed by atoms with E-state index in [9.17, 15) is 9.59 Å². The molecule has 1 aliphatic heterocycles. The van der Waals surface area contributed by atoms with Gasteiger partial charge in [0.05, 0.1) is 17.5 Å². The number of ether oxygens (including phenoxy) is 1. The van der Waals surface area contributed by atoms with E-state index in [-0.39, 0.29) is 11.8 Å². The third kappa shape index (κ3) is 3.49. The molecule has 1 saturated heterocycles. The summed E-state index contributed by atoms with van der Waals surface area (Å²) in [7, 11) is 1.59. The number of carbonyl (C=O) groups excluding carboxylic acids is 2. The van der Waals surface area contributed by atoms with Crippen molar-refractivity contribution in [2.45, 2.75) is 6.04 Å². The second kappa shape index (κ2) is 7.89. The largest absolute Gasteiger partial charge is 0.497 e. The van der Waals surface area contributed by atoms with Crippen LogP contribution in [0.2, 0.25) is 0 Å². The molecule has 0 radical (unpaired) electrons. The Balaban J connectivity index is 1.54. The van der Waals surface area contributed by atoms with Crippen molar-refractivity contribution < 1.29 is 14.3 Å². The summed E-state index contributed by atoms with van der Waals surface area (Å²) in [4.78, 5) is 30.7. The van der Waals surface area contributed by atoms with Crippen LogP contribution >= 0.6 is 27.7 Å². The Bertz CT molecular complexity index is 1030. The smallest absolute Gasteiger partial charge is 0.272 e. The Labute approximate surface area is 174 Å². The van der Waals surface area contributed by atoms with Crippen molar-refractivity contribution in [1.82, 2.24) is 9.88 Å². The number of thioether (sulfide) groups is 1. The van der Waals surface area contributed by atoms with Crippen LogP contribution in [0.15, 0.2) is 53.0 Å². The lowest BCUT2D eigenvalue weighted by molar-refractivity contribution is -0.119. The number of anilines is 1. The summed E-state index contributed by atoms with van der Waals surface area (Å²) in [6.07, 6.45) is 0. The van der Waals surface area contributed by atoms with Crippen LogP contribution < -0.4 is 10.1 Å². The van der Waals surface area contributed by atoms with Crippen molar-refractivity contribution in [2.24, 2.45) is 0 Å². The SMILES string of the molecule is COc1ccc(NC(=O)C2CSCN2C(=O)c2[nH]c3ccccc3c2Br)cc1. The lowest BCUT2D eigenvalue weighted by atomic mass is 10.2. The van der Waals surface area contributed by atoms with Crippen LogP contribution in [-0.2, 0) is 4.79 Å². The van der Waals surface area contributed by atoms with Crippen LogP contribution in [0.4, 0.5) is 5.69 Å². The minimum absolute atomic E-state index is 0.192. The third-order valence-electron chi connectivity index (χ3n) is 4.66. The number of amides is 2. The number of hydrogen-bond acceptors (Lipinski definition) is 4. The van der Waals surface area contributed by atoms with Crippen molar-refractivity contribution in [3.8, 4) is 5.75 Å². The number of nitrogens with one attached hydrogen (secondary N) is 2. The number of para-hydroxylation sites is 1. The molecule has 1 unspecified atom stereocenters. The number of nitrogens with zero attached hydrogens (tertiary/aromatic N) is 1. The Morgan fingerprint density at radius 3 is 2.68 bits per heavy atom. The maximum atomic E-state index is 13.1. The highest BCUT2D eigenvalue weighted by Gasteiger charge is 2.36. The third-order valence-corrected chi connectivity index (χ3v) is 6.50. The number of carbonyl (C=O) groups is 2. The van der Waals surface area contributed by atoms with Gasteiger partial charge in [0.1, 0.15) is 17.5 Å². The number of aromatic amines is 1. The van der Waals surface area contributed by atoms with Crippen LogP contribution in [0.1, 0.15) is 10.5 Å². The molecule has 0 spiro atoms. The highest BCUT2D eigenvalue weighted by Crippen LogP contribution is 2.31. The van der Waals surface area contributed by atoms with Gasteiger partial charge in [-0.15, -0.1) is 11.8 Å². The molecule has 1 fully saturated rings. The number of aromatic nitrogens is 1. The van der Waals surface area contributed by atoms with Gasteiger partial charge in [0.15, 0.2) is 0 Å². The molecule has 3 aromatic rings. The zero-order valence-electron chi connectivity index (χ0n) is 15.1. The Morgan fingerprint density at radius 1 is 1.21 bits per heavy atom. The lowest BCUT2D eigenvalue weighted by Gasteiger charge is -2.22. The predicted molar refractivity (Wildman–Crippen MR) is 115 cm³/mol. The van der Waals surface area contributed by atoms with E-state index in [0.29, 0.717) is 23.0 Å². The molecular weight excluding hydrogens is 442 g/mol. The molecule has 8 heteroatoms. The highest BCUT2D eigenvalue weighted by atomic mass is 79.9. The van der Waals surface area contributed by atoms with E-state index < -0.39 is 6.04 Å². The van der Waals surface area contributed by atoms with E-state index in [4.69, 9.17) is 4.74 Å². The number of halogens is 1. The van der Waals surface area contributed by atoms with E-state index in [2.05, 4.69) is 26.2 Å². The summed E-state index contributed by atoms with van der Waals surface area (Å²) in [5, 5.41) is 3.83. The molecule has 0 bridgehead atoms. The normalized spacial score (nSPS) is 16.4. The molecule has 1 aromatic heterocycles. The maximum absolute atomic E-state index is 13.1. The Morgan fingerprint density at radius 2 is 1.96 bits per heavy atom. The molecule has 4 rings (SSSR count).